The van der Waals surface area contributed by atoms with Gasteiger partial charge in [-0.2, -0.15) is 11.8 Å². The first kappa shape index (κ1) is 12.2. The molecule has 4 atom stereocenters. The third kappa shape index (κ3) is 2.34. The summed E-state index contributed by atoms with van der Waals surface area (Å²) in [4.78, 5) is 14.5. The molecule has 3 rings (SSSR count). The topological polar surface area (TPSA) is 46.3 Å². The highest BCUT2D eigenvalue weighted by Gasteiger charge is 2.43. The molecule has 0 radical (unpaired) electrons. The van der Waals surface area contributed by atoms with Gasteiger partial charge < -0.3 is 10.6 Å². The van der Waals surface area contributed by atoms with E-state index >= 15 is 0 Å². The van der Waals surface area contributed by atoms with Gasteiger partial charge in [-0.25, -0.2) is 0 Å². The number of nitrogens with two attached hydrogens (primary N) is 1. The molecule has 5 heteroatoms. The fourth-order valence-electron chi connectivity index (χ4n) is 3.32. The maximum atomic E-state index is 12.4. The Morgan fingerprint density at radius 2 is 2.12 bits per heavy atom. The zero-order valence-corrected chi connectivity index (χ0v) is 11.6. The van der Waals surface area contributed by atoms with Crippen molar-refractivity contribution in [2.24, 2.45) is 17.6 Å². The van der Waals surface area contributed by atoms with Crippen LogP contribution < -0.4 is 5.73 Å². The molecule has 0 spiro atoms. The van der Waals surface area contributed by atoms with Crippen LogP contribution in [0.4, 0.5) is 0 Å². The largest absolute Gasteiger partial charge is 0.341 e. The number of fused-ring (bicyclic) bond motifs is 1. The van der Waals surface area contributed by atoms with E-state index in [1.54, 1.807) is 0 Å². The number of hydrogen-bond acceptors (Lipinski definition) is 4. The number of likely N-dealkylation sites (tertiary alicyclic amines) is 1. The Kier molecular flexibility index (Phi) is 3.59. The Morgan fingerprint density at radius 1 is 1.24 bits per heavy atom. The van der Waals surface area contributed by atoms with Crippen LogP contribution in [0.15, 0.2) is 0 Å². The van der Waals surface area contributed by atoms with Crippen molar-refractivity contribution < 1.29 is 4.79 Å². The van der Waals surface area contributed by atoms with Crippen molar-refractivity contribution >= 4 is 29.4 Å². The molecule has 17 heavy (non-hydrogen) atoms. The van der Waals surface area contributed by atoms with Crippen molar-refractivity contribution in [3.8, 4) is 0 Å². The quantitative estimate of drug-likeness (QED) is 0.774. The van der Waals surface area contributed by atoms with Gasteiger partial charge in [0.15, 0.2) is 0 Å². The number of hydrogen-bond donors (Lipinski definition) is 1. The Morgan fingerprint density at radius 3 is 2.82 bits per heavy atom. The summed E-state index contributed by atoms with van der Waals surface area (Å²) in [5.41, 5.74) is 6.11. The second-order valence-corrected chi connectivity index (χ2v) is 7.80. The van der Waals surface area contributed by atoms with Crippen LogP contribution in [0.2, 0.25) is 0 Å². The summed E-state index contributed by atoms with van der Waals surface area (Å²) in [6.45, 7) is 1.89. The van der Waals surface area contributed by atoms with E-state index < -0.39 is 0 Å². The fraction of sp³-hybridized carbons (Fsp3) is 0.917. The predicted octanol–water partition coefficient (Wildman–Crippen LogP) is 1.03. The van der Waals surface area contributed by atoms with E-state index in [-0.39, 0.29) is 5.25 Å². The number of amides is 1. The molecule has 2 aliphatic heterocycles. The molecule has 1 aliphatic carbocycles. The van der Waals surface area contributed by atoms with Gasteiger partial charge in [0.2, 0.25) is 5.91 Å². The average molecular weight is 272 g/mol. The summed E-state index contributed by atoms with van der Waals surface area (Å²) >= 11 is 3.76. The molecule has 96 valence electrons. The summed E-state index contributed by atoms with van der Waals surface area (Å²) in [6, 6.07) is 0.339. The minimum Gasteiger partial charge on any atom is -0.341 e. The van der Waals surface area contributed by atoms with E-state index in [2.05, 4.69) is 4.90 Å². The first-order valence-corrected chi connectivity index (χ1v) is 8.70. The minimum absolute atomic E-state index is 0.212. The summed E-state index contributed by atoms with van der Waals surface area (Å²) in [5.74, 6) is 4.98. The van der Waals surface area contributed by atoms with Gasteiger partial charge in [-0.3, -0.25) is 4.79 Å². The SMILES string of the molecule is NC1CCC2CN(C(=O)C3CSCCS3)CC12. The highest BCUT2D eigenvalue weighted by Crippen LogP contribution is 2.38. The molecule has 0 aromatic rings. The van der Waals surface area contributed by atoms with E-state index in [0.29, 0.717) is 23.8 Å². The molecule has 0 bridgehead atoms. The lowest BCUT2D eigenvalue weighted by Crippen LogP contribution is -2.40. The average Bonchev–Trinajstić information content (AvgIpc) is 2.92. The summed E-state index contributed by atoms with van der Waals surface area (Å²) in [7, 11) is 0. The molecule has 0 aromatic heterocycles. The first-order chi connectivity index (χ1) is 8.25. The third-order valence-corrected chi connectivity index (χ3v) is 7.06. The number of rotatable bonds is 1. The van der Waals surface area contributed by atoms with Crippen molar-refractivity contribution in [3.63, 3.8) is 0 Å². The van der Waals surface area contributed by atoms with Crippen LogP contribution in [-0.4, -0.2) is 52.4 Å². The van der Waals surface area contributed by atoms with Crippen LogP contribution in [0.5, 0.6) is 0 Å². The Balaban J connectivity index is 1.60. The van der Waals surface area contributed by atoms with Crippen LogP contribution in [0.1, 0.15) is 12.8 Å². The highest BCUT2D eigenvalue weighted by molar-refractivity contribution is 8.07. The van der Waals surface area contributed by atoms with Crippen LogP contribution in [0, 0.1) is 11.8 Å². The van der Waals surface area contributed by atoms with Crippen molar-refractivity contribution in [1.29, 1.82) is 0 Å². The molecule has 1 amide bonds. The summed E-state index contributed by atoms with van der Waals surface area (Å²) in [6.07, 6.45) is 2.38. The molecular weight excluding hydrogens is 252 g/mol. The fourth-order valence-corrected chi connectivity index (χ4v) is 5.95. The normalized spacial score (nSPS) is 41.6. The molecular formula is C12H20N2OS2. The van der Waals surface area contributed by atoms with Gasteiger partial charge in [-0.15, -0.1) is 11.8 Å². The molecule has 0 aromatic carbocycles. The van der Waals surface area contributed by atoms with Crippen molar-refractivity contribution in [2.75, 3.05) is 30.3 Å². The van der Waals surface area contributed by atoms with Crippen LogP contribution in [-0.2, 0) is 4.79 Å². The number of carbonyl (C=O) groups is 1. The maximum absolute atomic E-state index is 12.4. The van der Waals surface area contributed by atoms with E-state index in [4.69, 9.17) is 5.73 Å². The van der Waals surface area contributed by atoms with E-state index in [1.165, 1.54) is 12.2 Å². The number of thioether (sulfide) groups is 2. The minimum atomic E-state index is 0.212. The van der Waals surface area contributed by atoms with Crippen LogP contribution in [0.25, 0.3) is 0 Å². The molecule has 2 N–H and O–H groups in total. The van der Waals surface area contributed by atoms with Crippen molar-refractivity contribution in [3.05, 3.63) is 0 Å². The van der Waals surface area contributed by atoms with Gasteiger partial charge in [-0.05, 0) is 24.7 Å². The monoisotopic (exact) mass is 272 g/mol. The lowest BCUT2D eigenvalue weighted by Gasteiger charge is -2.26. The van der Waals surface area contributed by atoms with Crippen molar-refractivity contribution in [1.82, 2.24) is 4.90 Å². The van der Waals surface area contributed by atoms with E-state index in [9.17, 15) is 4.79 Å². The third-order valence-electron chi connectivity index (χ3n) is 4.32. The standard InChI is InChI=1S/C12H20N2OS2/c13-10-2-1-8-5-14(6-9(8)10)12(15)11-7-16-3-4-17-11/h8-11H,1-7,13H2. The van der Waals surface area contributed by atoms with Gasteiger partial charge in [-0.1, -0.05) is 0 Å². The van der Waals surface area contributed by atoms with Gasteiger partial charge in [0.05, 0.1) is 5.25 Å². The first-order valence-electron chi connectivity index (χ1n) is 6.49. The maximum Gasteiger partial charge on any atom is 0.236 e. The highest BCUT2D eigenvalue weighted by atomic mass is 32.2. The molecule has 2 heterocycles. The Hall–Kier alpha value is 0.130. The molecule has 3 aliphatic rings. The zero-order chi connectivity index (χ0) is 11.8. The number of carbonyl (C=O) groups excluding carboxylic acids is 1. The second kappa shape index (κ2) is 5.02. The Bertz CT molecular complexity index is 307. The molecule has 3 nitrogen and oxygen atoms in total. The van der Waals surface area contributed by atoms with E-state index in [0.717, 1.165) is 31.0 Å². The smallest absolute Gasteiger partial charge is 0.236 e. The van der Waals surface area contributed by atoms with Crippen molar-refractivity contribution in [2.45, 2.75) is 24.1 Å². The van der Waals surface area contributed by atoms with Crippen LogP contribution in [0.3, 0.4) is 0 Å². The Labute approximate surface area is 111 Å². The number of nitrogens with zero attached hydrogens (tertiary/aromatic N) is 1. The lowest BCUT2D eigenvalue weighted by atomic mass is 9.98. The molecule has 4 unspecified atom stereocenters. The van der Waals surface area contributed by atoms with Gasteiger partial charge in [0, 0.05) is 36.4 Å². The van der Waals surface area contributed by atoms with Gasteiger partial charge in [0.25, 0.3) is 0 Å². The van der Waals surface area contributed by atoms with E-state index in [1.807, 2.05) is 23.5 Å². The van der Waals surface area contributed by atoms with Crippen LogP contribution >= 0.6 is 23.5 Å². The second-order valence-electron chi connectivity index (χ2n) is 5.34. The molecule has 3 fully saturated rings. The van der Waals surface area contributed by atoms with Gasteiger partial charge in [0.1, 0.15) is 0 Å². The summed E-state index contributed by atoms with van der Waals surface area (Å²) in [5, 5.41) is 0.212. The lowest BCUT2D eigenvalue weighted by molar-refractivity contribution is -0.129. The predicted molar refractivity (Wildman–Crippen MR) is 74.3 cm³/mol. The molecule has 1 saturated carbocycles. The molecule has 2 saturated heterocycles. The van der Waals surface area contributed by atoms with Gasteiger partial charge >= 0.3 is 0 Å². The zero-order valence-electron chi connectivity index (χ0n) is 10.0. The summed E-state index contributed by atoms with van der Waals surface area (Å²) < 4.78 is 0.